The molecule has 4 rings (SSSR count). The van der Waals surface area contributed by atoms with Crippen LogP contribution in [0.3, 0.4) is 0 Å². The lowest BCUT2D eigenvalue weighted by Crippen LogP contribution is -3.00. The Bertz CT molecular complexity index is 1060. The van der Waals surface area contributed by atoms with E-state index in [0.29, 0.717) is 0 Å². The Morgan fingerprint density at radius 3 is 2.63 bits per heavy atom. The van der Waals surface area contributed by atoms with Gasteiger partial charge in [-0.05, 0) is 55.8 Å². The second-order valence-corrected chi connectivity index (χ2v) is 7.85. The number of fused-ring (bicyclic) bond motifs is 2. The zero-order valence-electron chi connectivity index (χ0n) is 15.9. The summed E-state index contributed by atoms with van der Waals surface area (Å²) in [6.07, 6.45) is 4.26. The molecule has 0 saturated carbocycles. The smallest absolute Gasteiger partial charge is 0.216 e. The van der Waals surface area contributed by atoms with E-state index in [2.05, 4.69) is 91.5 Å². The number of anilines is 1. The van der Waals surface area contributed by atoms with Crippen LogP contribution in [0, 0.1) is 13.8 Å². The van der Waals surface area contributed by atoms with Crippen molar-refractivity contribution in [1.29, 1.82) is 0 Å². The zero-order chi connectivity index (χ0) is 18.3. The number of aryl methyl sites for hydroxylation is 2. The Kier molecular flexibility index (Phi) is 5.96. The summed E-state index contributed by atoms with van der Waals surface area (Å²) in [7, 11) is 2.14. The van der Waals surface area contributed by atoms with E-state index in [1.54, 1.807) is 0 Å². The summed E-state index contributed by atoms with van der Waals surface area (Å²) in [6.45, 7) is 9.11. The van der Waals surface area contributed by atoms with Gasteiger partial charge in [0.15, 0.2) is 6.54 Å². The van der Waals surface area contributed by atoms with E-state index in [1.165, 1.54) is 43.3 Å². The lowest BCUT2D eigenvalue weighted by atomic mass is 10.1. The maximum Gasteiger partial charge on any atom is 0.216 e. The molecule has 0 aliphatic carbocycles. The summed E-state index contributed by atoms with van der Waals surface area (Å²) in [5.41, 5.74) is 6.36. The van der Waals surface area contributed by atoms with Gasteiger partial charge in [-0.15, -0.1) is 0 Å². The molecule has 0 saturated heterocycles. The zero-order valence-corrected chi connectivity index (χ0v) is 18.8. The number of benzene rings is 2. The molecule has 1 aliphatic heterocycles. The monoisotopic (exact) mass is 486 g/mol. The molecular weight excluding hydrogens is 463 g/mol. The van der Waals surface area contributed by atoms with E-state index in [4.69, 9.17) is 0 Å². The average molecular weight is 486 g/mol. The van der Waals surface area contributed by atoms with Crippen molar-refractivity contribution in [2.45, 2.75) is 25.3 Å². The van der Waals surface area contributed by atoms with Crippen molar-refractivity contribution in [2.75, 3.05) is 11.9 Å². The molecule has 0 fully saturated rings. The molecular formula is C23H23IN2S. The highest BCUT2D eigenvalue weighted by atomic mass is 127. The Morgan fingerprint density at radius 2 is 1.89 bits per heavy atom. The number of thioether (sulfide) groups is 1. The van der Waals surface area contributed by atoms with Crippen LogP contribution in [0.4, 0.5) is 5.69 Å². The lowest BCUT2D eigenvalue weighted by Gasteiger charge is -2.13. The van der Waals surface area contributed by atoms with Gasteiger partial charge < -0.3 is 28.9 Å². The Hall–Kier alpha value is -1.79. The number of halogens is 1. The highest BCUT2D eigenvalue weighted by Crippen LogP contribution is 2.45. The van der Waals surface area contributed by atoms with Crippen LogP contribution in [0.25, 0.3) is 17.0 Å². The van der Waals surface area contributed by atoms with Crippen LogP contribution in [-0.2, 0) is 6.54 Å². The lowest BCUT2D eigenvalue weighted by molar-refractivity contribution is -0.662. The van der Waals surface area contributed by atoms with Crippen LogP contribution in [0.5, 0.6) is 0 Å². The van der Waals surface area contributed by atoms with E-state index < -0.39 is 0 Å². The molecule has 0 spiro atoms. The fraction of sp³-hybridized carbons (Fsp3) is 0.174. The number of allylic oxidation sites excluding steroid dienone is 1. The van der Waals surface area contributed by atoms with Gasteiger partial charge in [-0.25, -0.2) is 0 Å². The summed E-state index contributed by atoms with van der Waals surface area (Å²) in [6, 6.07) is 17.5. The quantitative estimate of drug-likeness (QED) is 0.319. The maximum atomic E-state index is 3.97. The van der Waals surface area contributed by atoms with Crippen LogP contribution in [0.15, 0.2) is 71.1 Å². The number of hydrogen-bond acceptors (Lipinski definition) is 2. The van der Waals surface area contributed by atoms with Gasteiger partial charge in [-0.2, -0.15) is 4.57 Å². The second-order valence-electron chi connectivity index (χ2n) is 6.79. The summed E-state index contributed by atoms with van der Waals surface area (Å²) < 4.78 is 2.36. The van der Waals surface area contributed by atoms with E-state index in [-0.39, 0.29) is 24.0 Å². The van der Waals surface area contributed by atoms with Crippen molar-refractivity contribution in [3.63, 3.8) is 0 Å². The third-order valence-corrected chi connectivity index (χ3v) is 6.01. The average Bonchev–Trinajstić information content (AvgIpc) is 2.93. The Balaban J connectivity index is 0.00000210. The molecule has 27 heavy (non-hydrogen) atoms. The molecule has 138 valence electrons. The predicted octanol–water partition coefficient (Wildman–Crippen LogP) is 2.47. The van der Waals surface area contributed by atoms with Gasteiger partial charge in [0.1, 0.15) is 0 Å². The molecule has 0 atom stereocenters. The molecule has 0 bridgehead atoms. The van der Waals surface area contributed by atoms with E-state index in [1.807, 2.05) is 17.8 Å². The highest BCUT2D eigenvalue weighted by molar-refractivity contribution is 8.03. The Labute approximate surface area is 182 Å². The summed E-state index contributed by atoms with van der Waals surface area (Å²) in [5.74, 6) is 0. The minimum absolute atomic E-state index is 0. The van der Waals surface area contributed by atoms with E-state index in [0.717, 1.165) is 6.54 Å². The highest BCUT2D eigenvalue weighted by Gasteiger charge is 2.23. The maximum absolute atomic E-state index is 3.97. The van der Waals surface area contributed by atoms with Gasteiger partial charge in [0.25, 0.3) is 0 Å². The van der Waals surface area contributed by atoms with Gasteiger partial charge in [-0.3, -0.25) is 0 Å². The number of hydrogen-bond donors (Lipinski definition) is 0. The van der Waals surface area contributed by atoms with Crippen molar-refractivity contribution in [2.24, 2.45) is 0 Å². The molecule has 2 aromatic carbocycles. The second kappa shape index (κ2) is 8.07. The molecule has 1 aliphatic rings. The molecule has 0 N–H and O–H groups in total. The molecule has 1 aromatic heterocycles. The first-order valence-corrected chi connectivity index (χ1v) is 9.67. The molecule has 3 aromatic rings. The largest absolute Gasteiger partial charge is 1.00 e. The summed E-state index contributed by atoms with van der Waals surface area (Å²) in [5, 5.41) is 2.52. The number of nitrogens with zero attached hydrogens (tertiary/aromatic N) is 2. The summed E-state index contributed by atoms with van der Waals surface area (Å²) >= 11 is 1.83. The molecule has 0 unspecified atom stereocenters. The fourth-order valence-corrected chi connectivity index (χ4v) is 4.80. The first-order chi connectivity index (χ1) is 12.6. The third-order valence-electron chi connectivity index (χ3n) is 4.84. The number of para-hydroxylation sites is 1. The fourth-order valence-electron chi connectivity index (χ4n) is 3.71. The van der Waals surface area contributed by atoms with Crippen LogP contribution in [-0.4, -0.2) is 7.05 Å². The molecule has 2 nitrogen and oxygen atoms in total. The predicted molar refractivity (Wildman–Crippen MR) is 112 cm³/mol. The summed E-state index contributed by atoms with van der Waals surface area (Å²) in [4.78, 5) is 3.58. The molecule has 4 heteroatoms. The molecule has 2 heterocycles. The van der Waals surface area contributed by atoms with Crippen LogP contribution >= 0.6 is 11.8 Å². The minimum atomic E-state index is 0. The van der Waals surface area contributed by atoms with Crippen molar-refractivity contribution >= 4 is 34.4 Å². The first kappa shape index (κ1) is 20.0. The molecule has 0 radical (unpaired) electrons. The van der Waals surface area contributed by atoms with E-state index >= 15 is 0 Å². The van der Waals surface area contributed by atoms with Crippen LogP contribution in [0.1, 0.15) is 16.8 Å². The third kappa shape index (κ3) is 3.65. The molecule has 0 amide bonds. The van der Waals surface area contributed by atoms with Crippen LogP contribution in [0.2, 0.25) is 0 Å². The minimum Gasteiger partial charge on any atom is -1.00 e. The van der Waals surface area contributed by atoms with Gasteiger partial charge >= 0.3 is 0 Å². The number of aromatic nitrogens is 1. The number of pyridine rings is 1. The van der Waals surface area contributed by atoms with Gasteiger partial charge in [0.2, 0.25) is 11.2 Å². The van der Waals surface area contributed by atoms with Gasteiger partial charge in [-0.1, -0.05) is 30.5 Å². The normalized spacial score (nSPS) is 14.3. The van der Waals surface area contributed by atoms with Crippen molar-refractivity contribution in [3.05, 3.63) is 83.0 Å². The number of rotatable bonds is 3. The van der Waals surface area contributed by atoms with Gasteiger partial charge in [0.05, 0.1) is 10.7 Å². The standard InChI is InChI=1S/C23H23N2S.HI/c1-5-12-25-19(11-10-18-14-16(2)13-17(3)23(18)25)15-22-24(4)20-8-6-7-9-21(20)26-22;/h5-11,13-15H,1,12H2,2-4H3;1H/q+1;/p-1. The SMILES string of the molecule is C=CC[n+]1c(C=C2Sc3ccccc3N2C)ccc2cc(C)cc(C)c21.[I-]. The first-order valence-electron chi connectivity index (χ1n) is 8.85. The van der Waals surface area contributed by atoms with E-state index in [9.17, 15) is 0 Å². The van der Waals surface area contributed by atoms with Gasteiger partial charge in [0, 0.05) is 35.0 Å². The van der Waals surface area contributed by atoms with Crippen LogP contribution < -0.4 is 33.4 Å². The Morgan fingerprint density at radius 1 is 1.11 bits per heavy atom. The topological polar surface area (TPSA) is 7.12 Å². The van der Waals surface area contributed by atoms with Crippen molar-refractivity contribution < 1.29 is 28.5 Å². The van der Waals surface area contributed by atoms with Crippen molar-refractivity contribution in [3.8, 4) is 0 Å². The van der Waals surface area contributed by atoms with Crippen molar-refractivity contribution in [1.82, 2.24) is 0 Å².